The molecule has 0 saturated carbocycles. The first-order chi connectivity index (χ1) is 12.6. The quantitative estimate of drug-likeness (QED) is 0.317. The Bertz CT molecular complexity index is 733. The minimum Gasteiger partial charge on any atom is -0.496 e. The monoisotopic (exact) mass is 502 g/mol. The summed E-state index contributed by atoms with van der Waals surface area (Å²) in [5.41, 5.74) is 2.34. The number of aliphatic imine (C=N–C) groups is 1. The highest BCUT2D eigenvalue weighted by molar-refractivity contribution is 14.0. The van der Waals surface area contributed by atoms with Crippen LogP contribution in [-0.4, -0.2) is 31.1 Å². The van der Waals surface area contributed by atoms with E-state index in [-0.39, 0.29) is 30.0 Å². The van der Waals surface area contributed by atoms with Crippen molar-refractivity contribution >= 4 is 41.3 Å². The summed E-state index contributed by atoms with van der Waals surface area (Å²) < 4.78 is 5.51. The van der Waals surface area contributed by atoms with E-state index in [4.69, 9.17) is 9.73 Å². The molecule has 5 nitrogen and oxygen atoms in total. The number of hydrogen-bond acceptors (Lipinski definition) is 4. The average molecular weight is 502 g/mol. The van der Waals surface area contributed by atoms with Crippen LogP contribution in [0.5, 0.6) is 5.75 Å². The van der Waals surface area contributed by atoms with E-state index in [9.17, 15) is 0 Å². The number of ether oxygens (including phenoxy) is 1. The number of aromatic nitrogens is 1. The summed E-state index contributed by atoms with van der Waals surface area (Å²) in [7, 11) is 1.71. The number of guanidine groups is 1. The fraction of sp³-hybridized carbons (Fsp3) is 0.500. The van der Waals surface area contributed by atoms with E-state index in [0.717, 1.165) is 41.7 Å². The van der Waals surface area contributed by atoms with Crippen LogP contribution < -0.4 is 15.4 Å². The van der Waals surface area contributed by atoms with E-state index >= 15 is 0 Å². The summed E-state index contributed by atoms with van der Waals surface area (Å²) in [5.74, 6) is 1.71. The Labute approximate surface area is 184 Å². The van der Waals surface area contributed by atoms with Crippen molar-refractivity contribution < 1.29 is 4.74 Å². The highest BCUT2D eigenvalue weighted by Gasteiger charge is 2.13. The third kappa shape index (κ3) is 7.29. The van der Waals surface area contributed by atoms with Gasteiger partial charge in [0.05, 0.1) is 18.2 Å². The second kappa shape index (κ2) is 12.2. The molecule has 0 aliphatic heterocycles. The van der Waals surface area contributed by atoms with E-state index in [0.29, 0.717) is 6.54 Å². The molecule has 0 amide bonds. The molecule has 1 atom stereocenters. The number of aryl methyl sites for hydroxylation is 2. The van der Waals surface area contributed by atoms with Crippen LogP contribution in [0, 0.1) is 6.92 Å². The fourth-order valence-electron chi connectivity index (χ4n) is 2.69. The number of rotatable bonds is 8. The number of hydrogen-bond donors (Lipinski definition) is 2. The van der Waals surface area contributed by atoms with Crippen LogP contribution in [0.1, 0.15) is 47.8 Å². The van der Waals surface area contributed by atoms with Crippen molar-refractivity contribution in [2.75, 3.05) is 20.2 Å². The van der Waals surface area contributed by atoms with Crippen LogP contribution in [0.3, 0.4) is 0 Å². The van der Waals surface area contributed by atoms with Gasteiger partial charge < -0.3 is 15.4 Å². The molecule has 1 aromatic carbocycles. The largest absolute Gasteiger partial charge is 0.496 e. The van der Waals surface area contributed by atoms with Crippen molar-refractivity contribution in [1.82, 2.24) is 15.6 Å². The van der Waals surface area contributed by atoms with Gasteiger partial charge in [-0.3, -0.25) is 4.99 Å². The maximum atomic E-state index is 5.51. The lowest BCUT2D eigenvalue weighted by Gasteiger charge is -2.20. The molecule has 0 radical (unpaired) electrons. The Hall–Kier alpha value is -1.35. The first-order valence-corrected chi connectivity index (χ1v) is 10.0. The Morgan fingerprint density at radius 1 is 1.33 bits per heavy atom. The summed E-state index contributed by atoms with van der Waals surface area (Å²) in [5, 5.41) is 7.95. The van der Waals surface area contributed by atoms with Crippen LogP contribution in [-0.2, 0) is 12.8 Å². The van der Waals surface area contributed by atoms with E-state index < -0.39 is 0 Å². The molecule has 1 unspecified atom stereocenters. The minimum absolute atomic E-state index is 0. The molecule has 0 aliphatic rings. The van der Waals surface area contributed by atoms with Gasteiger partial charge >= 0.3 is 0 Å². The maximum absolute atomic E-state index is 5.51. The van der Waals surface area contributed by atoms with Gasteiger partial charge in [0.15, 0.2) is 5.96 Å². The zero-order valence-electron chi connectivity index (χ0n) is 16.8. The topological polar surface area (TPSA) is 58.5 Å². The van der Waals surface area contributed by atoms with Crippen molar-refractivity contribution in [3.63, 3.8) is 0 Å². The molecule has 0 aliphatic carbocycles. The Balaban J connectivity index is 0.00000364. The standard InChI is InChI=1S/C20H30N4OS.HI/c1-6-16-13-23-19(26-16)10-11-22-20(21-7-2)24-15(4)17-12-14(3)8-9-18(17)25-5;/h8-9,12-13,15H,6-7,10-11H2,1-5H3,(H2,21,22,24);1H. The minimum atomic E-state index is 0. The van der Waals surface area contributed by atoms with Gasteiger partial charge in [-0.25, -0.2) is 4.98 Å². The molecule has 2 aromatic rings. The predicted molar refractivity (Wildman–Crippen MR) is 126 cm³/mol. The van der Waals surface area contributed by atoms with E-state index in [2.05, 4.69) is 55.4 Å². The van der Waals surface area contributed by atoms with Gasteiger partial charge in [-0.2, -0.15) is 0 Å². The molecule has 7 heteroatoms. The first-order valence-electron chi connectivity index (χ1n) is 9.20. The molecule has 0 saturated heterocycles. The summed E-state index contributed by atoms with van der Waals surface area (Å²) in [6.45, 7) is 9.98. The summed E-state index contributed by atoms with van der Waals surface area (Å²) in [4.78, 5) is 10.5. The lowest BCUT2D eigenvalue weighted by atomic mass is 10.0. The van der Waals surface area contributed by atoms with Gasteiger partial charge in [0.25, 0.3) is 0 Å². The van der Waals surface area contributed by atoms with Crippen molar-refractivity contribution in [1.29, 1.82) is 0 Å². The van der Waals surface area contributed by atoms with Crippen molar-refractivity contribution in [2.24, 2.45) is 4.99 Å². The van der Waals surface area contributed by atoms with Gasteiger partial charge in [-0.05, 0) is 33.3 Å². The summed E-state index contributed by atoms with van der Waals surface area (Å²) in [6.07, 6.45) is 3.88. The zero-order valence-corrected chi connectivity index (χ0v) is 20.0. The third-order valence-corrected chi connectivity index (χ3v) is 5.30. The van der Waals surface area contributed by atoms with Gasteiger partial charge in [-0.15, -0.1) is 35.3 Å². The molecule has 2 N–H and O–H groups in total. The maximum Gasteiger partial charge on any atom is 0.191 e. The van der Waals surface area contributed by atoms with E-state index in [1.54, 1.807) is 18.4 Å². The molecule has 27 heavy (non-hydrogen) atoms. The number of thiazole rings is 1. The molecule has 150 valence electrons. The van der Waals surface area contributed by atoms with Gasteiger partial charge in [0.1, 0.15) is 5.75 Å². The van der Waals surface area contributed by atoms with Crippen LogP contribution in [0.25, 0.3) is 0 Å². The Morgan fingerprint density at radius 3 is 2.74 bits per heavy atom. The fourth-order valence-corrected chi connectivity index (χ4v) is 3.54. The van der Waals surface area contributed by atoms with Gasteiger partial charge in [0, 0.05) is 36.1 Å². The molecule has 0 bridgehead atoms. The summed E-state index contributed by atoms with van der Waals surface area (Å²) in [6, 6.07) is 6.32. The van der Waals surface area contributed by atoms with Gasteiger partial charge in [0.2, 0.25) is 0 Å². The van der Waals surface area contributed by atoms with E-state index in [1.165, 1.54) is 10.4 Å². The van der Waals surface area contributed by atoms with Crippen LogP contribution >= 0.6 is 35.3 Å². The number of halogens is 1. The van der Waals surface area contributed by atoms with Crippen molar-refractivity contribution in [3.05, 3.63) is 45.4 Å². The van der Waals surface area contributed by atoms with Crippen LogP contribution in [0.2, 0.25) is 0 Å². The highest BCUT2D eigenvalue weighted by Crippen LogP contribution is 2.26. The Kier molecular flexibility index (Phi) is 10.7. The first kappa shape index (κ1) is 23.7. The predicted octanol–water partition coefficient (Wildman–Crippen LogP) is 4.50. The van der Waals surface area contributed by atoms with Gasteiger partial charge in [-0.1, -0.05) is 24.6 Å². The molecule has 1 aromatic heterocycles. The molecular weight excluding hydrogens is 471 g/mol. The molecular formula is C20H31IN4OS. The van der Waals surface area contributed by atoms with Crippen molar-refractivity contribution in [3.8, 4) is 5.75 Å². The zero-order chi connectivity index (χ0) is 18.9. The van der Waals surface area contributed by atoms with Crippen LogP contribution in [0.15, 0.2) is 29.4 Å². The molecule has 2 rings (SSSR count). The second-order valence-corrected chi connectivity index (χ2v) is 7.40. The number of benzene rings is 1. The van der Waals surface area contributed by atoms with Crippen molar-refractivity contribution in [2.45, 2.75) is 46.6 Å². The lowest BCUT2D eigenvalue weighted by molar-refractivity contribution is 0.405. The number of nitrogens with zero attached hydrogens (tertiary/aromatic N) is 2. The Morgan fingerprint density at radius 2 is 2.11 bits per heavy atom. The van der Waals surface area contributed by atoms with Crippen LogP contribution in [0.4, 0.5) is 0 Å². The normalized spacial score (nSPS) is 12.3. The summed E-state index contributed by atoms with van der Waals surface area (Å²) >= 11 is 1.78. The molecule has 1 heterocycles. The second-order valence-electron chi connectivity index (χ2n) is 6.20. The molecule has 0 fully saturated rings. The molecule has 0 spiro atoms. The number of nitrogens with one attached hydrogen (secondary N) is 2. The highest BCUT2D eigenvalue weighted by atomic mass is 127. The van der Waals surface area contributed by atoms with E-state index in [1.807, 2.05) is 12.3 Å². The number of methoxy groups -OCH3 is 1. The lowest BCUT2D eigenvalue weighted by Crippen LogP contribution is -2.39. The SMILES string of the molecule is CCNC(=NCCc1ncc(CC)s1)NC(C)c1cc(C)ccc1OC.I. The average Bonchev–Trinajstić information content (AvgIpc) is 3.09. The smallest absolute Gasteiger partial charge is 0.191 e. The third-order valence-electron chi connectivity index (χ3n) is 4.09.